The van der Waals surface area contributed by atoms with E-state index in [1.807, 2.05) is 0 Å². The van der Waals surface area contributed by atoms with Gasteiger partial charge in [-0.3, -0.25) is 0 Å². The summed E-state index contributed by atoms with van der Waals surface area (Å²) in [5.41, 5.74) is 0.188. The van der Waals surface area contributed by atoms with Crippen molar-refractivity contribution in [3.8, 4) is 11.1 Å². The Morgan fingerprint density at radius 1 is 1.06 bits per heavy atom. The Hall–Kier alpha value is -1.55. The molecule has 0 saturated carbocycles. The van der Waals surface area contributed by atoms with Gasteiger partial charge in [-0.05, 0) is 29.8 Å². The van der Waals surface area contributed by atoms with E-state index in [0.717, 1.165) is 12.1 Å². The minimum atomic E-state index is -4.36. The van der Waals surface area contributed by atoms with Gasteiger partial charge in [0, 0.05) is 11.8 Å². The van der Waals surface area contributed by atoms with Crippen LogP contribution in [0.2, 0.25) is 5.15 Å². The van der Waals surface area contributed by atoms with E-state index >= 15 is 0 Å². The average molecular weight is 258 g/mol. The van der Waals surface area contributed by atoms with Gasteiger partial charge in [-0.15, -0.1) is 0 Å². The Kier molecular flexibility index (Phi) is 3.07. The normalized spacial score (nSPS) is 11.5. The van der Waals surface area contributed by atoms with Gasteiger partial charge in [-0.1, -0.05) is 23.7 Å². The summed E-state index contributed by atoms with van der Waals surface area (Å²) in [4.78, 5) is 3.83. The van der Waals surface area contributed by atoms with Crippen molar-refractivity contribution >= 4 is 11.6 Å². The third-order valence-electron chi connectivity index (χ3n) is 2.26. The molecule has 1 nitrogen and oxygen atoms in total. The van der Waals surface area contributed by atoms with Gasteiger partial charge >= 0.3 is 6.18 Å². The number of hydrogen-bond acceptors (Lipinski definition) is 1. The summed E-state index contributed by atoms with van der Waals surface area (Å²) >= 11 is 5.83. The van der Waals surface area contributed by atoms with Crippen LogP contribution < -0.4 is 0 Å². The van der Waals surface area contributed by atoms with Crippen LogP contribution in [0, 0.1) is 0 Å². The zero-order valence-electron chi connectivity index (χ0n) is 8.50. The maximum Gasteiger partial charge on any atom is 0.416 e. The van der Waals surface area contributed by atoms with Crippen molar-refractivity contribution in [2.45, 2.75) is 6.18 Å². The molecule has 1 aromatic carbocycles. The Morgan fingerprint density at radius 2 is 1.82 bits per heavy atom. The highest BCUT2D eigenvalue weighted by atomic mass is 35.5. The molecule has 0 saturated heterocycles. The Balaban J connectivity index is 2.51. The van der Waals surface area contributed by atoms with Gasteiger partial charge in [-0.2, -0.15) is 13.2 Å². The summed E-state index contributed by atoms with van der Waals surface area (Å²) in [6.07, 6.45) is -2.87. The zero-order valence-corrected chi connectivity index (χ0v) is 9.26. The largest absolute Gasteiger partial charge is 0.416 e. The number of alkyl halides is 3. The van der Waals surface area contributed by atoms with E-state index in [2.05, 4.69) is 4.98 Å². The van der Waals surface area contributed by atoms with Crippen LogP contribution >= 0.6 is 11.6 Å². The molecule has 0 N–H and O–H groups in total. The first-order valence-corrected chi connectivity index (χ1v) is 5.14. The average Bonchev–Trinajstić information content (AvgIpc) is 2.29. The molecule has 0 unspecified atom stereocenters. The summed E-state index contributed by atoms with van der Waals surface area (Å²) in [6.45, 7) is 0. The van der Waals surface area contributed by atoms with Crippen molar-refractivity contribution in [1.29, 1.82) is 0 Å². The summed E-state index contributed by atoms with van der Waals surface area (Å²) < 4.78 is 37.6. The van der Waals surface area contributed by atoms with Crippen LogP contribution in [0.4, 0.5) is 13.2 Å². The van der Waals surface area contributed by atoms with Gasteiger partial charge in [0.1, 0.15) is 5.15 Å². The molecule has 2 rings (SSSR count). The lowest BCUT2D eigenvalue weighted by molar-refractivity contribution is -0.137. The molecule has 0 aliphatic rings. The summed E-state index contributed by atoms with van der Waals surface area (Å²) in [5, 5.41) is 0.187. The third kappa shape index (κ3) is 2.58. The lowest BCUT2D eigenvalue weighted by Crippen LogP contribution is -2.04. The van der Waals surface area contributed by atoms with Gasteiger partial charge in [0.05, 0.1) is 5.56 Å². The predicted molar refractivity (Wildman–Crippen MR) is 59.7 cm³/mol. The van der Waals surface area contributed by atoms with Crippen molar-refractivity contribution in [1.82, 2.24) is 4.98 Å². The highest BCUT2D eigenvalue weighted by molar-refractivity contribution is 6.32. The summed E-state index contributed by atoms with van der Waals surface area (Å²) in [6, 6.07) is 8.25. The van der Waals surface area contributed by atoms with Gasteiger partial charge in [0.2, 0.25) is 0 Å². The lowest BCUT2D eigenvalue weighted by Gasteiger charge is -2.09. The molecule has 0 fully saturated rings. The van der Waals surface area contributed by atoms with E-state index in [-0.39, 0.29) is 5.15 Å². The predicted octanol–water partition coefficient (Wildman–Crippen LogP) is 4.42. The number of aromatic nitrogens is 1. The Morgan fingerprint density at radius 3 is 2.47 bits per heavy atom. The van der Waals surface area contributed by atoms with E-state index < -0.39 is 11.7 Å². The van der Waals surface area contributed by atoms with Crippen LogP contribution in [-0.2, 0) is 6.18 Å². The fourth-order valence-electron chi connectivity index (χ4n) is 1.46. The number of halogens is 4. The number of pyridine rings is 1. The second-order valence-electron chi connectivity index (χ2n) is 3.42. The molecule has 0 aliphatic carbocycles. The van der Waals surface area contributed by atoms with E-state index in [9.17, 15) is 13.2 Å². The molecule has 2 aromatic rings. The molecular formula is C12H7ClF3N. The molecular weight excluding hydrogens is 251 g/mol. The first-order chi connectivity index (χ1) is 7.98. The van der Waals surface area contributed by atoms with Crippen LogP contribution in [-0.4, -0.2) is 4.98 Å². The van der Waals surface area contributed by atoms with Crippen molar-refractivity contribution in [3.05, 3.63) is 53.3 Å². The number of rotatable bonds is 1. The first-order valence-electron chi connectivity index (χ1n) is 4.76. The van der Waals surface area contributed by atoms with E-state index in [1.54, 1.807) is 18.2 Å². The van der Waals surface area contributed by atoms with Crippen LogP contribution in [0.15, 0.2) is 42.6 Å². The topological polar surface area (TPSA) is 12.9 Å². The highest BCUT2D eigenvalue weighted by Gasteiger charge is 2.30. The van der Waals surface area contributed by atoms with Gasteiger partial charge in [-0.25, -0.2) is 4.98 Å². The van der Waals surface area contributed by atoms with E-state index in [4.69, 9.17) is 11.6 Å². The maximum absolute atomic E-state index is 12.5. The van der Waals surface area contributed by atoms with Crippen molar-refractivity contribution < 1.29 is 13.2 Å². The van der Waals surface area contributed by atoms with Crippen LogP contribution in [0.1, 0.15) is 5.56 Å². The molecule has 0 aliphatic heterocycles. The minimum absolute atomic E-state index is 0.187. The fraction of sp³-hybridized carbons (Fsp3) is 0.0833. The molecule has 1 aromatic heterocycles. The molecule has 5 heteroatoms. The second kappa shape index (κ2) is 4.37. The van der Waals surface area contributed by atoms with Crippen LogP contribution in [0.25, 0.3) is 11.1 Å². The molecule has 88 valence electrons. The molecule has 0 atom stereocenters. The van der Waals surface area contributed by atoms with Crippen molar-refractivity contribution in [3.63, 3.8) is 0 Å². The summed E-state index contributed by atoms with van der Waals surface area (Å²) in [5.74, 6) is 0. The van der Waals surface area contributed by atoms with Crippen LogP contribution in [0.3, 0.4) is 0 Å². The Bertz CT molecular complexity index is 537. The van der Waals surface area contributed by atoms with Crippen molar-refractivity contribution in [2.24, 2.45) is 0 Å². The van der Waals surface area contributed by atoms with Crippen LogP contribution in [0.5, 0.6) is 0 Å². The Labute approximate surface area is 101 Å². The van der Waals surface area contributed by atoms with Crippen molar-refractivity contribution in [2.75, 3.05) is 0 Å². The smallest absolute Gasteiger partial charge is 0.244 e. The second-order valence-corrected chi connectivity index (χ2v) is 3.78. The highest BCUT2D eigenvalue weighted by Crippen LogP contribution is 2.33. The zero-order chi connectivity index (χ0) is 12.5. The quantitative estimate of drug-likeness (QED) is 0.689. The summed E-state index contributed by atoms with van der Waals surface area (Å²) in [7, 11) is 0. The molecule has 0 bridgehead atoms. The third-order valence-corrected chi connectivity index (χ3v) is 2.56. The lowest BCUT2D eigenvalue weighted by atomic mass is 10.0. The number of nitrogens with zero attached hydrogens (tertiary/aromatic N) is 1. The first kappa shape index (κ1) is 11.9. The fourth-order valence-corrected chi connectivity index (χ4v) is 1.69. The standard InChI is InChI=1S/C12H7ClF3N/c13-11-10(5-2-6-17-11)8-3-1-4-9(7-8)12(14,15)16/h1-7H. The number of hydrogen-bond donors (Lipinski definition) is 0. The molecule has 0 radical (unpaired) electrons. The van der Waals surface area contributed by atoms with Gasteiger partial charge < -0.3 is 0 Å². The monoisotopic (exact) mass is 257 g/mol. The number of benzene rings is 1. The molecule has 0 amide bonds. The molecule has 1 heterocycles. The van der Waals surface area contributed by atoms with E-state index in [1.165, 1.54) is 12.3 Å². The molecule has 0 spiro atoms. The molecule has 17 heavy (non-hydrogen) atoms. The van der Waals surface area contributed by atoms with E-state index in [0.29, 0.717) is 11.1 Å². The SMILES string of the molecule is FC(F)(F)c1cccc(-c2cccnc2Cl)c1. The maximum atomic E-state index is 12.5. The van der Waals surface area contributed by atoms with Gasteiger partial charge in [0.15, 0.2) is 0 Å². The minimum Gasteiger partial charge on any atom is -0.244 e. The van der Waals surface area contributed by atoms with Gasteiger partial charge in [0.25, 0.3) is 0 Å².